The number of pyridine rings is 1. The van der Waals surface area contributed by atoms with E-state index in [1.165, 1.54) is 12.4 Å². The Balaban J connectivity index is 2.44. The fourth-order valence-corrected chi connectivity index (χ4v) is 3.36. The molecule has 6 heteroatoms. The summed E-state index contributed by atoms with van der Waals surface area (Å²) in [6.07, 6.45) is -1.26. The maximum Gasteiger partial charge on any atom is 0.417 e. The lowest BCUT2D eigenvalue weighted by atomic mass is 9.95. The van der Waals surface area contributed by atoms with Crippen molar-refractivity contribution in [1.29, 1.82) is 0 Å². The summed E-state index contributed by atoms with van der Waals surface area (Å²) in [6.45, 7) is 1.79. The molecular weight excluding hydrogens is 315 g/mol. The summed E-state index contributed by atoms with van der Waals surface area (Å²) in [5.41, 5.74) is 1.15. The van der Waals surface area contributed by atoms with E-state index in [0.29, 0.717) is 22.0 Å². The van der Waals surface area contributed by atoms with Crippen LogP contribution in [0, 0.1) is 6.92 Å². The molecule has 0 aliphatic carbocycles. The van der Waals surface area contributed by atoms with Gasteiger partial charge in [0.1, 0.15) is 13.4 Å². The van der Waals surface area contributed by atoms with Crippen molar-refractivity contribution in [2.45, 2.75) is 13.1 Å². The van der Waals surface area contributed by atoms with Crippen LogP contribution in [-0.4, -0.2) is 9.97 Å². The lowest BCUT2D eigenvalue weighted by molar-refractivity contribution is -0.644. The molecule has 3 nitrogen and oxygen atoms in total. The van der Waals surface area contributed by atoms with Crippen molar-refractivity contribution in [3.05, 3.63) is 54.1 Å². The van der Waals surface area contributed by atoms with E-state index in [1.54, 1.807) is 13.0 Å². The molecule has 0 fully saturated rings. The van der Waals surface area contributed by atoms with Gasteiger partial charge in [-0.15, -0.1) is 0 Å². The standard InChI is InChI=1S/C18H13F3N3/c1-10-14-16(23-9-22-10)15-11(5-3-7-13(15)18(19,20)21)12-6-4-8-24(2)17(12)14/h3-9H,1-2H3/q+1. The van der Waals surface area contributed by atoms with E-state index >= 15 is 0 Å². The zero-order valence-electron chi connectivity index (χ0n) is 13.0. The normalized spacial score (nSPS) is 12.4. The molecule has 0 saturated heterocycles. The predicted molar refractivity (Wildman–Crippen MR) is 85.5 cm³/mol. The lowest BCUT2D eigenvalue weighted by Gasteiger charge is -2.14. The molecule has 0 saturated carbocycles. The third kappa shape index (κ3) is 1.95. The molecular formula is C18H13F3N3+. The molecule has 4 aromatic rings. The molecule has 120 valence electrons. The van der Waals surface area contributed by atoms with Gasteiger partial charge in [-0.3, -0.25) is 0 Å². The van der Waals surface area contributed by atoms with E-state index < -0.39 is 11.7 Å². The van der Waals surface area contributed by atoms with Crippen LogP contribution in [0.25, 0.3) is 32.6 Å². The Morgan fingerprint density at radius 1 is 0.958 bits per heavy atom. The first-order valence-electron chi connectivity index (χ1n) is 7.41. The van der Waals surface area contributed by atoms with Crippen LogP contribution >= 0.6 is 0 Å². The molecule has 0 radical (unpaired) electrons. The van der Waals surface area contributed by atoms with Crippen molar-refractivity contribution in [2.24, 2.45) is 7.05 Å². The monoisotopic (exact) mass is 328 g/mol. The van der Waals surface area contributed by atoms with Crippen LogP contribution in [0.3, 0.4) is 0 Å². The van der Waals surface area contributed by atoms with E-state index in [0.717, 1.165) is 17.0 Å². The maximum atomic E-state index is 13.6. The van der Waals surface area contributed by atoms with Gasteiger partial charge in [0.05, 0.1) is 27.5 Å². The summed E-state index contributed by atoms with van der Waals surface area (Å²) >= 11 is 0. The molecule has 0 spiro atoms. The molecule has 24 heavy (non-hydrogen) atoms. The molecule has 0 aliphatic heterocycles. The van der Waals surface area contributed by atoms with Crippen LogP contribution in [-0.2, 0) is 13.2 Å². The number of alkyl halides is 3. The van der Waals surface area contributed by atoms with Gasteiger partial charge in [0, 0.05) is 11.5 Å². The number of fused-ring (bicyclic) bond motifs is 6. The molecule has 2 heterocycles. The average Bonchev–Trinajstić information content (AvgIpc) is 2.54. The fourth-order valence-electron chi connectivity index (χ4n) is 3.36. The van der Waals surface area contributed by atoms with E-state index in [2.05, 4.69) is 9.97 Å². The predicted octanol–water partition coefficient (Wildman–Crippen LogP) is 4.09. The van der Waals surface area contributed by atoms with Crippen LogP contribution in [0.15, 0.2) is 42.9 Å². The van der Waals surface area contributed by atoms with Gasteiger partial charge in [-0.05, 0) is 24.4 Å². The maximum absolute atomic E-state index is 13.6. The Bertz CT molecular complexity index is 1120. The highest BCUT2D eigenvalue weighted by molar-refractivity contribution is 6.23. The number of hydrogen-bond donors (Lipinski definition) is 0. The first-order valence-corrected chi connectivity index (χ1v) is 7.41. The van der Waals surface area contributed by atoms with Crippen molar-refractivity contribution >= 4 is 32.6 Å². The fraction of sp³-hybridized carbons (Fsp3) is 0.167. The second-order valence-electron chi connectivity index (χ2n) is 5.79. The molecule has 2 aromatic carbocycles. The zero-order valence-corrected chi connectivity index (χ0v) is 13.0. The van der Waals surface area contributed by atoms with Crippen molar-refractivity contribution < 1.29 is 17.7 Å². The SMILES string of the molecule is Cc1ncnc2c3c(C(F)(F)F)cccc3c3ccc[n+](C)c3c12. The van der Waals surface area contributed by atoms with Gasteiger partial charge < -0.3 is 0 Å². The Hall–Kier alpha value is -2.76. The first kappa shape index (κ1) is 14.8. The lowest BCUT2D eigenvalue weighted by Crippen LogP contribution is -2.28. The number of benzene rings is 2. The van der Waals surface area contributed by atoms with Gasteiger partial charge in [0.2, 0.25) is 5.52 Å². The molecule has 0 aliphatic rings. The number of halogens is 3. The molecule has 2 aromatic heterocycles. The van der Waals surface area contributed by atoms with E-state index in [4.69, 9.17) is 0 Å². The highest BCUT2D eigenvalue weighted by Gasteiger charge is 2.34. The molecule has 0 N–H and O–H groups in total. The molecule has 0 unspecified atom stereocenters. The van der Waals surface area contributed by atoms with E-state index in [-0.39, 0.29) is 5.39 Å². The summed E-state index contributed by atoms with van der Waals surface area (Å²) in [4.78, 5) is 8.40. The minimum Gasteiger partial charge on any atom is -0.241 e. The number of nitrogens with zero attached hydrogens (tertiary/aromatic N) is 3. The highest BCUT2D eigenvalue weighted by Crippen LogP contribution is 2.40. The van der Waals surface area contributed by atoms with Gasteiger partial charge in [-0.2, -0.15) is 13.2 Å². The molecule has 0 bridgehead atoms. The van der Waals surface area contributed by atoms with Gasteiger partial charge in [-0.1, -0.05) is 12.1 Å². The van der Waals surface area contributed by atoms with Crippen molar-refractivity contribution in [3.8, 4) is 0 Å². The van der Waals surface area contributed by atoms with E-state index in [9.17, 15) is 13.2 Å². The number of rotatable bonds is 0. The van der Waals surface area contributed by atoms with Crippen molar-refractivity contribution in [1.82, 2.24) is 9.97 Å². The third-order valence-electron chi connectivity index (χ3n) is 4.35. The van der Waals surface area contributed by atoms with Gasteiger partial charge in [-0.25, -0.2) is 14.5 Å². The van der Waals surface area contributed by atoms with Crippen LogP contribution in [0.2, 0.25) is 0 Å². The van der Waals surface area contributed by atoms with Gasteiger partial charge in [0.15, 0.2) is 6.20 Å². The smallest absolute Gasteiger partial charge is 0.241 e. The summed E-state index contributed by atoms with van der Waals surface area (Å²) in [6, 6.07) is 7.92. The van der Waals surface area contributed by atoms with Crippen LogP contribution in [0.1, 0.15) is 11.3 Å². The first-order chi connectivity index (χ1) is 11.4. The second-order valence-corrected chi connectivity index (χ2v) is 5.79. The Morgan fingerprint density at radius 2 is 1.71 bits per heavy atom. The number of aryl methyl sites for hydroxylation is 2. The van der Waals surface area contributed by atoms with Gasteiger partial charge in [0.25, 0.3) is 0 Å². The second kappa shape index (κ2) is 4.87. The summed E-state index contributed by atoms with van der Waals surface area (Å²) in [5.74, 6) is 0. The minimum atomic E-state index is -4.45. The van der Waals surface area contributed by atoms with Crippen molar-refractivity contribution in [3.63, 3.8) is 0 Å². The Labute approximate surface area is 135 Å². The van der Waals surface area contributed by atoms with Gasteiger partial charge >= 0.3 is 6.18 Å². The summed E-state index contributed by atoms with van der Waals surface area (Å²) in [7, 11) is 1.87. The zero-order chi connectivity index (χ0) is 17.1. The largest absolute Gasteiger partial charge is 0.417 e. The topological polar surface area (TPSA) is 29.7 Å². The summed E-state index contributed by atoms with van der Waals surface area (Å²) in [5, 5.41) is 2.08. The number of hydrogen-bond acceptors (Lipinski definition) is 2. The Kier molecular flexibility index (Phi) is 3.00. The molecule has 4 rings (SSSR count). The summed E-state index contributed by atoms with van der Waals surface area (Å²) < 4.78 is 42.6. The number of aromatic nitrogens is 3. The van der Waals surface area contributed by atoms with Crippen LogP contribution < -0.4 is 4.57 Å². The van der Waals surface area contributed by atoms with Crippen LogP contribution in [0.5, 0.6) is 0 Å². The van der Waals surface area contributed by atoms with Crippen LogP contribution in [0.4, 0.5) is 13.2 Å². The molecule has 0 atom stereocenters. The minimum absolute atomic E-state index is 0.129. The highest BCUT2D eigenvalue weighted by atomic mass is 19.4. The third-order valence-corrected chi connectivity index (χ3v) is 4.35. The van der Waals surface area contributed by atoms with E-state index in [1.807, 2.05) is 29.9 Å². The quantitative estimate of drug-likeness (QED) is 0.359. The molecule has 0 amide bonds. The average molecular weight is 328 g/mol. The van der Waals surface area contributed by atoms with Crippen molar-refractivity contribution in [2.75, 3.05) is 0 Å². The Morgan fingerprint density at radius 3 is 2.46 bits per heavy atom.